The smallest absolute Gasteiger partial charge is 0.261 e. The van der Waals surface area contributed by atoms with Crippen LogP contribution in [0.4, 0.5) is 34.1 Å². The van der Waals surface area contributed by atoms with E-state index < -0.39 is 23.6 Å². The normalized spacial score (nSPS) is 13.2. The average molecular weight is 781 g/mol. The molecule has 0 radical (unpaired) electrons. The van der Waals surface area contributed by atoms with E-state index in [9.17, 15) is 19.2 Å². The van der Waals surface area contributed by atoms with Crippen LogP contribution >= 0.6 is 0 Å². The predicted octanol–water partition coefficient (Wildman–Crippen LogP) is 11.4. The molecule has 0 bridgehead atoms. The lowest BCUT2D eigenvalue weighted by molar-refractivity contribution is 0.0577. The van der Waals surface area contributed by atoms with Gasteiger partial charge in [0, 0.05) is 67.2 Å². The van der Waals surface area contributed by atoms with Gasteiger partial charge in [-0.3, -0.25) is 29.0 Å². The van der Waals surface area contributed by atoms with Gasteiger partial charge in [-0.15, -0.1) is 0 Å². The van der Waals surface area contributed by atoms with Crippen LogP contribution in [0.2, 0.25) is 0 Å². The maximum absolute atomic E-state index is 14.1. The first kappa shape index (κ1) is 36.3. The SMILES string of the molecule is O=C1c2ccc3c4c(ccc(c24)C(=O)N1Cc1ccc(N(c2ccccc2)c2ccccc2)cc1)C(=O)N(Cc1ccc(N(c2ccccc2)c2ccccc2)cc1)C3=O. The maximum Gasteiger partial charge on any atom is 0.261 e. The largest absolute Gasteiger partial charge is 0.311 e. The highest BCUT2D eigenvalue weighted by Crippen LogP contribution is 2.40. The second-order valence-electron chi connectivity index (χ2n) is 14.8. The summed E-state index contributed by atoms with van der Waals surface area (Å²) in [5.74, 6) is -1.90. The summed E-state index contributed by atoms with van der Waals surface area (Å²) >= 11 is 0. The van der Waals surface area contributed by atoms with Gasteiger partial charge in [-0.2, -0.15) is 0 Å². The Bertz CT molecular complexity index is 2590. The van der Waals surface area contributed by atoms with Gasteiger partial charge in [0.15, 0.2) is 0 Å². The zero-order chi connectivity index (χ0) is 40.7. The Balaban J connectivity index is 0.905. The first-order valence-corrected chi connectivity index (χ1v) is 19.7. The molecule has 8 aromatic rings. The number of carbonyl (C=O) groups excluding carboxylic acids is 4. The maximum atomic E-state index is 14.1. The predicted molar refractivity (Wildman–Crippen MR) is 235 cm³/mol. The first-order valence-electron chi connectivity index (χ1n) is 19.7. The molecule has 0 N–H and O–H groups in total. The molecular weight excluding hydrogens is 745 g/mol. The van der Waals surface area contributed by atoms with Crippen molar-refractivity contribution in [3.8, 4) is 0 Å². The van der Waals surface area contributed by atoms with Crippen molar-refractivity contribution in [2.75, 3.05) is 9.80 Å². The van der Waals surface area contributed by atoms with E-state index in [0.717, 1.165) is 45.3 Å². The number of carbonyl (C=O) groups is 4. The molecule has 0 unspecified atom stereocenters. The molecule has 0 saturated heterocycles. The monoisotopic (exact) mass is 780 g/mol. The number of hydrogen-bond donors (Lipinski definition) is 0. The van der Waals surface area contributed by atoms with Gasteiger partial charge in [-0.1, -0.05) is 97.1 Å². The second kappa shape index (κ2) is 15.0. The number of rotatable bonds is 10. The van der Waals surface area contributed by atoms with Crippen LogP contribution in [0.25, 0.3) is 10.8 Å². The fraction of sp³-hybridized carbons (Fsp3) is 0.0385. The number of hydrogen-bond acceptors (Lipinski definition) is 6. The Morgan fingerprint density at radius 3 is 0.767 bits per heavy atom. The molecule has 2 aliphatic rings. The van der Waals surface area contributed by atoms with Crippen molar-refractivity contribution in [3.05, 3.63) is 228 Å². The molecule has 0 atom stereocenters. The number of amides is 4. The minimum Gasteiger partial charge on any atom is -0.311 e. The van der Waals surface area contributed by atoms with Crippen molar-refractivity contribution in [2.24, 2.45) is 0 Å². The molecule has 0 spiro atoms. The lowest BCUT2D eigenvalue weighted by atomic mass is 9.85. The van der Waals surface area contributed by atoms with Gasteiger partial charge < -0.3 is 9.80 Å². The summed E-state index contributed by atoms with van der Waals surface area (Å²) in [5.41, 5.74) is 8.53. The van der Waals surface area contributed by atoms with Crippen LogP contribution in [0.3, 0.4) is 0 Å². The summed E-state index contributed by atoms with van der Waals surface area (Å²) in [6.45, 7) is 0.107. The molecular formula is C52H36N4O4. The van der Waals surface area contributed by atoms with E-state index in [4.69, 9.17) is 0 Å². The zero-order valence-corrected chi connectivity index (χ0v) is 32.3. The van der Waals surface area contributed by atoms with Gasteiger partial charge in [0.1, 0.15) is 0 Å². The fourth-order valence-electron chi connectivity index (χ4n) is 8.33. The highest BCUT2D eigenvalue weighted by molar-refractivity contribution is 6.33. The van der Waals surface area contributed by atoms with E-state index in [1.807, 2.05) is 170 Å². The Morgan fingerprint density at radius 1 is 0.283 bits per heavy atom. The molecule has 0 aromatic heterocycles. The highest BCUT2D eigenvalue weighted by atomic mass is 16.2. The Labute approximate surface area is 346 Å². The number of anilines is 6. The molecule has 288 valence electrons. The van der Waals surface area contributed by atoms with Crippen molar-refractivity contribution in [1.82, 2.24) is 9.80 Å². The van der Waals surface area contributed by atoms with E-state index in [1.54, 1.807) is 24.3 Å². The van der Waals surface area contributed by atoms with Gasteiger partial charge in [-0.25, -0.2) is 0 Å². The van der Waals surface area contributed by atoms with E-state index in [-0.39, 0.29) is 35.3 Å². The number of nitrogens with zero attached hydrogens (tertiary/aromatic N) is 4. The molecule has 0 fully saturated rings. The van der Waals surface area contributed by atoms with E-state index in [1.165, 1.54) is 9.80 Å². The average Bonchev–Trinajstić information content (AvgIpc) is 3.30. The number of para-hydroxylation sites is 4. The second-order valence-corrected chi connectivity index (χ2v) is 14.8. The molecule has 4 amide bonds. The van der Waals surface area contributed by atoms with Crippen LogP contribution in [0.15, 0.2) is 194 Å². The number of benzene rings is 8. The lowest BCUT2D eigenvalue weighted by Crippen LogP contribution is -2.42. The molecule has 60 heavy (non-hydrogen) atoms. The Hall–Kier alpha value is -8.10. The third kappa shape index (κ3) is 6.27. The van der Waals surface area contributed by atoms with Crippen molar-refractivity contribution < 1.29 is 19.2 Å². The molecule has 0 saturated carbocycles. The van der Waals surface area contributed by atoms with E-state index in [0.29, 0.717) is 10.8 Å². The number of imide groups is 2. The van der Waals surface area contributed by atoms with Gasteiger partial charge in [0.2, 0.25) is 0 Å². The summed E-state index contributed by atoms with van der Waals surface area (Å²) in [5, 5.41) is 0.696. The lowest BCUT2D eigenvalue weighted by Gasteiger charge is -2.32. The first-order chi connectivity index (χ1) is 29.4. The van der Waals surface area contributed by atoms with E-state index >= 15 is 0 Å². The van der Waals surface area contributed by atoms with Crippen LogP contribution in [0, 0.1) is 0 Å². The highest BCUT2D eigenvalue weighted by Gasteiger charge is 2.39. The minimum absolute atomic E-state index is 0.0535. The molecule has 0 aliphatic carbocycles. The Kier molecular flexibility index (Phi) is 9.07. The third-order valence-corrected chi connectivity index (χ3v) is 11.2. The summed E-state index contributed by atoms with van der Waals surface area (Å²) in [6, 6.07) is 62.3. The van der Waals surface area contributed by atoms with Crippen LogP contribution in [-0.4, -0.2) is 33.4 Å². The Morgan fingerprint density at radius 2 is 0.517 bits per heavy atom. The van der Waals surface area contributed by atoms with Crippen LogP contribution < -0.4 is 9.80 Å². The van der Waals surface area contributed by atoms with Crippen LogP contribution in [0.1, 0.15) is 52.6 Å². The van der Waals surface area contributed by atoms with Crippen molar-refractivity contribution in [2.45, 2.75) is 13.1 Å². The standard InChI is InChI=1S/C52H36N4O4/c57-49-43-29-31-45-48-46(52(60)54(51(45)59)34-36-23-27-42(28-24-36)56(39-17-9-3-10-18-39)40-19-11-4-12-20-40)32-30-44(47(43)48)50(58)53(49)33-35-21-25-41(26-22-35)55(37-13-5-1-6-14-37)38-15-7-2-8-16-38/h1-32H,33-34H2. The third-order valence-electron chi connectivity index (χ3n) is 11.2. The van der Waals surface area contributed by atoms with Gasteiger partial charge in [-0.05, 0) is 108 Å². The minimum atomic E-state index is -0.474. The molecule has 10 rings (SSSR count). The molecule has 2 aliphatic heterocycles. The van der Waals surface area contributed by atoms with E-state index in [2.05, 4.69) is 9.80 Å². The molecule has 8 aromatic carbocycles. The quantitative estimate of drug-likeness (QED) is 0.129. The van der Waals surface area contributed by atoms with Crippen LogP contribution in [-0.2, 0) is 13.1 Å². The summed E-state index contributed by atoms with van der Waals surface area (Å²) in [6.07, 6.45) is 0. The summed E-state index contributed by atoms with van der Waals surface area (Å²) in [4.78, 5) is 63.3. The fourth-order valence-corrected chi connectivity index (χ4v) is 8.33. The van der Waals surface area contributed by atoms with Gasteiger partial charge in [0.05, 0.1) is 13.1 Å². The van der Waals surface area contributed by atoms with Crippen LogP contribution in [0.5, 0.6) is 0 Å². The molecule has 2 heterocycles. The zero-order valence-electron chi connectivity index (χ0n) is 32.3. The molecule has 8 heteroatoms. The van der Waals surface area contributed by atoms with Gasteiger partial charge in [0.25, 0.3) is 23.6 Å². The topological polar surface area (TPSA) is 81.2 Å². The summed E-state index contributed by atoms with van der Waals surface area (Å²) < 4.78 is 0. The van der Waals surface area contributed by atoms with Crippen molar-refractivity contribution in [1.29, 1.82) is 0 Å². The molecule has 8 nitrogen and oxygen atoms in total. The van der Waals surface area contributed by atoms with Crippen molar-refractivity contribution in [3.63, 3.8) is 0 Å². The van der Waals surface area contributed by atoms with Crippen molar-refractivity contribution >= 4 is 68.5 Å². The van der Waals surface area contributed by atoms with Gasteiger partial charge >= 0.3 is 0 Å². The summed E-state index contributed by atoms with van der Waals surface area (Å²) in [7, 11) is 0.